The van der Waals surface area contributed by atoms with Crippen molar-refractivity contribution in [2.75, 3.05) is 26.2 Å². The third-order valence-electron chi connectivity index (χ3n) is 5.03. The van der Waals surface area contributed by atoms with Crippen LogP contribution in [0.15, 0.2) is 0 Å². The highest BCUT2D eigenvalue weighted by Crippen LogP contribution is 2.28. The van der Waals surface area contributed by atoms with Crippen molar-refractivity contribution in [1.82, 2.24) is 10.2 Å². The number of carbonyl (C=O) groups excluding carboxylic acids is 1. The molecule has 1 heterocycles. The van der Waals surface area contributed by atoms with E-state index < -0.39 is 0 Å². The van der Waals surface area contributed by atoms with E-state index in [2.05, 4.69) is 17.1 Å². The summed E-state index contributed by atoms with van der Waals surface area (Å²) in [7, 11) is 0. The smallest absolute Gasteiger partial charge is 0.221 e. The second-order valence-electron chi connectivity index (χ2n) is 7.37. The van der Waals surface area contributed by atoms with Crippen LogP contribution in [0.3, 0.4) is 0 Å². The number of amides is 1. The lowest BCUT2D eigenvalue weighted by Gasteiger charge is -2.33. The highest BCUT2D eigenvalue weighted by Gasteiger charge is 2.29. The molecule has 4 nitrogen and oxygen atoms in total. The standard InChI is InChI=1S/C17H33N3O/c1-15(14-20-10-6-3-7-11-20)13-19-16(21)12-17(18)8-4-2-5-9-17/h15H,2-14,18H2,1H3,(H,19,21). The Morgan fingerprint density at radius 1 is 1.14 bits per heavy atom. The molecule has 1 atom stereocenters. The number of carbonyl (C=O) groups is 1. The van der Waals surface area contributed by atoms with Gasteiger partial charge in [0.25, 0.3) is 0 Å². The monoisotopic (exact) mass is 295 g/mol. The van der Waals surface area contributed by atoms with Gasteiger partial charge in [0, 0.05) is 25.0 Å². The summed E-state index contributed by atoms with van der Waals surface area (Å²) in [5.74, 6) is 0.664. The second kappa shape index (κ2) is 8.14. The third kappa shape index (κ3) is 5.95. The van der Waals surface area contributed by atoms with Crippen LogP contribution in [-0.4, -0.2) is 42.5 Å². The van der Waals surface area contributed by atoms with Gasteiger partial charge in [-0.25, -0.2) is 0 Å². The Balaban J connectivity index is 1.63. The number of hydrogen-bond donors (Lipinski definition) is 2. The summed E-state index contributed by atoms with van der Waals surface area (Å²) >= 11 is 0. The molecule has 2 aliphatic rings. The van der Waals surface area contributed by atoms with Crippen LogP contribution >= 0.6 is 0 Å². The van der Waals surface area contributed by atoms with Gasteiger partial charge in [-0.2, -0.15) is 0 Å². The summed E-state index contributed by atoms with van der Waals surface area (Å²) < 4.78 is 0. The Kier molecular flexibility index (Phi) is 6.49. The minimum absolute atomic E-state index is 0.143. The van der Waals surface area contributed by atoms with Crippen molar-refractivity contribution in [3.05, 3.63) is 0 Å². The number of nitrogens with two attached hydrogens (primary N) is 1. The lowest BCUT2D eigenvalue weighted by Crippen LogP contribution is -2.47. The van der Waals surface area contributed by atoms with Crippen molar-refractivity contribution in [2.45, 2.75) is 70.3 Å². The average Bonchev–Trinajstić information content (AvgIpc) is 2.46. The summed E-state index contributed by atoms with van der Waals surface area (Å²) in [5, 5.41) is 3.10. The first-order valence-corrected chi connectivity index (χ1v) is 8.85. The van der Waals surface area contributed by atoms with Gasteiger partial charge in [0.1, 0.15) is 0 Å². The molecule has 0 spiro atoms. The molecule has 1 aliphatic carbocycles. The number of rotatable bonds is 6. The summed E-state index contributed by atoms with van der Waals surface area (Å²) in [5.41, 5.74) is 6.11. The van der Waals surface area contributed by atoms with Gasteiger partial charge >= 0.3 is 0 Å². The molecular weight excluding hydrogens is 262 g/mol. The fraction of sp³-hybridized carbons (Fsp3) is 0.941. The number of hydrogen-bond acceptors (Lipinski definition) is 3. The van der Waals surface area contributed by atoms with E-state index in [1.807, 2.05) is 0 Å². The van der Waals surface area contributed by atoms with Crippen LogP contribution < -0.4 is 11.1 Å². The number of nitrogens with one attached hydrogen (secondary N) is 1. The summed E-state index contributed by atoms with van der Waals surface area (Å²) in [4.78, 5) is 14.6. The SMILES string of the molecule is CC(CNC(=O)CC1(N)CCCCC1)CN1CCCCC1. The molecule has 0 bridgehead atoms. The summed E-state index contributed by atoms with van der Waals surface area (Å²) in [6.45, 7) is 6.57. The molecule has 0 aromatic carbocycles. The van der Waals surface area contributed by atoms with E-state index in [4.69, 9.17) is 5.73 Å². The van der Waals surface area contributed by atoms with Gasteiger partial charge in [-0.1, -0.05) is 32.6 Å². The summed E-state index contributed by atoms with van der Waals surface area (Å²) in [6, 6.07) is 0. The minimum atomic E-state index is -0.238. The van der Waals surface area contributed by atoms with Gasteiger partial charge in [-0.05, 0) is 44.7 Å². The van der Waals surface area contributed by atoms with E-state index in [1.54, 1.807) is 0 Å². The maximum absolute atomic E-state index is 12.1. The molecule has 0 aromatic rings. The average molecular weight is 295 g/mol. The van der Waals surface area contributed by atoms with Crippen molar-refractivity contribution in [3.8, 4) is 0 Å². The molecule has 2 rings (SSSR count). The van der Waals surface area contributed by atoms with Crippen LogP contribution in [0.4, 0.5) is 0 Å². The fourth-order valence-electron chi connectivity index (χ4n) is 3.75. The lowest BCUT2D eigenvalue weighted by molar-refractivity contribution is -0.122. The van der Waals surface area contributed by atoms with E-state index in [-0.39, 0.29) is 11.4 Å². The van der Waals surface area contributed by atoms with Crippen LogP contribution in [0.25, 0.3) is 0 Å². The molecule has 1 unspecified atom stereocenters. The number of piperidine rings is 1. The Morgan fingerprint density at radius 2 is 1.76 bits per heavy atom. The van der Waals surface area contributed by atoms with E-state index in [0.717, 1.165) is 25.9 Å². The predicted molar refractivity (Wildman–Crippen MR) is 87.1 cm³/mol. The van der Waals surface area contributed by atoms with Crippen LogP contribution in [0, 0.1) is 5.92 Å². The van der Waals surface area contributed by atoms with Gasteiger partial charge in [-0.3, -0.25) is 4.79 Å². The van der Waals surface area contributed by atoms with Crippen molar-refractivity contribution in [2.24, 2.45) is 11.7 Å². The molecule has 2 fully saturated rings. The van der Waals surface area contributed by atoms with Crippen LogP contribution in [0.1, 0.15) is 64.7 Å². The van der Waals surface area contributed by atoms with Crippen molar-refractivity contribution in [3.63, 3.8) is 0 Å². The Bertz CT molecular complexity index is 320. The molecule has 122 valence electrons. The van der Waals surface area contributed by atoms with Gasteiger partial charge in [0.05, 0.1) is 0 Å². The first-order valence-electron chi connectivity index (χ1n) is 8.85. The van der Waals surface area contributed by atoms with E-state index in [0.29, 0.717) is 12.3 Å². The van der Waals surface area contributed by atoms with Crippen LogP contribution in [-0.2, 0) is 4.79 Å². The Hall–Kier alpha value is -0.610. The van der Waals surface area contributed by atoms with Gasteiger partial charge in [0.15, 0.2) is 0 Å². The topological polar surface area (TPSA) is 58.4 Å². The zero-order chi connectivity index (χ0) is 15.1. The molecule has 4 heteroatoms. The van der Waals surface area contributed by atoms with E-state index in [9.17, 15) is 4.79 Å². The molecule has 1 amide bonds. The highest BCUT2D eigenvalue weighted by atomic mass is 16.1. The lowest BCUT2D eigenvalue weighted by atomic mass is 9.80. The second-order valence-corrected chi connectivity index (χ2v) is 7.37. The molecule has 1 saturated carbocycles. The van der Waals surface area contributed by atoms with E-state index >= 15 is 0 Å². The zero-order valence-electron chi connectivity index (χ0n) is 13.7. The van der Waals surface area contributed by atoms with Crippen molar-refractivity contribution < 1.29 is 4.79 Å². The molecule has 0 radical (unpaired) electrons. The van der Waals surface area contributed by atoms with Gasteiger partial charge < -0.3 is 16.0 Å². The molecule has 1 saturated heterocycles. The van der Waals surface area contributed by atoms with Crippen molar-refractivity contribution >= 4 is 5.91 Å². The highest BCUT2D eigenvalue weighted by molar-refractivity contribution is 5.77. The summed E-state index contributed by atoms with van der Waals surface area (Å²) in [6.07, 6.45) is 10.2. The largest absolute Gasteiger partial charge is 0.356 e. The maximum atomic E-state index is 12.1. The Labute approximate surface area is 129 Å². The molecular formula is C17H33N3O. The molecule has 21 heavy (non-hydrogen) atoms. The molecule has 3 N–H and O–H groups in total. The number of likely N-dealkylation sites (tertiary alicyclic amines) is 1. The maximum Gasteiger partial charge on any atom is 0.221 e. The van der Waals surface area contributed by atoms with Crippen LogP contribution in [0.5, 0.6) is 0 Å². The normalized spacial score (nSPS) is 24.5. The molecule has 1 aliphatic heterocycles. The van der Waals surface area contributed by atoms with Crippen molar-refractivity contribution in [1.29, 1.82) is 0 Å². The third-order valence-corrected chi connectivity index (χ3v) is 5.03. The minimum Gasteiger partial charge on any atom is -0.356 e. The first-order chi connectivity index (χ1) is 10.1. The van der Waals surface area contributed by atoms with Crippen LogP contribution in [0.2, 0.25) is 0 Å². The number of nitrogens with zero attached hydrogens (tertiary/aromatic N) is 1. The van der Waals surface area contributed by atoms with Gasteiger partial charge in [-0.15, -0.1) is 0 Å². The van der Waals surface area contributed by atoms with Gasteiger partial charge in [0.2, 0.25) is 5.91 Å². The fourth-order valence-corrected chi connectivity index (χ4v) is 3.75. The first kappa shape index (κ1) is 16.8. The molecule has 0 aromatic heterocycles. The quantitative estimate of drug-likeness (QED) is 0.790. The predicted octanol–water partition coefficient (Wildman–Crippen LogP) is 2.28. The Morgan fingerprint density at radius 3 is 2.43 bits per heavy atom. The van der Waals surface area contributed by atoms with E-state index in [1.165, 1.54) is 51.6 Å². The zero-order valence-corrected chi connectivity index (χ0v) is 13.7.